The minimum absolute atomic E-state index is 0.640. The highest BCUT2D eigenvalue weighted by Gasteiger charge is 1.92. The smallest absolute Gasteiger partial charge is 0.377 e. The van der Waals surface area contributed by atoms with E-state index in [0.29, 0.717) is 0 Å². The third-order valence-corrected chi connectivity index (χ3v) is 0.432. The Morgan fingerprint density at radius 3 is 2.50 bits per heavy atom. The molecule has 0 rings (SSSR count). The van der Waals surface area contributed by atoms with Gasteiger partial charge in [-0.05, 0) is 0 Å². The molecule has 0 fully saturated rings. The van der Waals surface area contributed by atoms with Gasteiger partial charge >= 0.3 is 14.6 Å². The molecule has 0 atom stereocenters. The summed E-state index contributed by atoms with van der Waals surface area (Å²) in [4.78, 5) is 9.70. The quantitative estimate of drug-likeness (QED) is 0.362. The molecule has 0 unspecified atom stereocenters. The molecule has 2 nitrogen and oxygen atoms in total. The highest BCUT2D eigenvalue weighted by molar-refractivity contribution is 8.09. The van der Waals surface area contributed by atoms with Crippen molar-refractivity contribution in [2.75, 3.05) is 0 Å². The van der Waals surface area contributed by atoms with Gasteiger partial charge in [-0.15, -0.1) is 0 Å². The first kappa shape index (κ1) is 5.95. The molecule has 0 aromatic carbocycles. The highest BCUT2D eigenvalue weighted by atomic mass is 32.1. The highest BCUT2D eigenvalue weighted by Crippen LogP contribution is 1.73. The second-order valence-corrected chi connectivity index (χ2v) is 0.824. The van der Waals surface area contributed by atoms with Gasteiger partial charge in [0.25, 0.3) is 0 Å². The SMILES string of the molecule is [B]OC(=O)[B]S. The number of hydrogen-bond acceptors (Lipinski definition) is 3. The van der Waals surface area contributed by atoms with Gasteiger partial charge in [0.05, 0.1) is 0 Å². The fraction of sp³-hybridized carbons (Fsp3) is 0. The Morgan fingerprint density at radius 1 is 2.00 bits per heavy atom. The summed E-state index contributed by atoms with van der Waals surface area (Å²) in [5, 5.41) is 0. The predicted octanol–water partition coefficient (Wildman–Crippen LogP) is -0.244. The molecule has 0 heterocycles. The van der Waals surface area contributed by atoms with E-state index in [-0.39, 0.29) is 0 Å². The van der Waals surface area contributed by atoms with Crippen LogP contribution in [0.25, 0.3) is 0 Å². The fourth-order valence-corrected chi connectivity index (χ4v) is 0.0913. The van der Waals surface area contributed by atoms with Crippen LogP contribution in [0.3, 0.4) is 0 Å². The van der Waals surface area contributed by atoms with E-state index in [9.17, 15) is 4.79 Å². The van der Waals surface area contributed by atoms with E-state index >= 15 is 0 Å². The molecule has 0 saturated heterocycles. The van der Waals surface area contributed by atoms with Gasteiger partial charge < -0.3 is 4.65 Å². The zero-order valence-corrected chi connectivity index (χ0v) is 3.81. The van der Waals surface area contributed by atoms with Gasteiger partial charge in [-0.2, -0.15) is 0 Å². The van der Waals surface area contributed by atoms with Gasteiger partial charge in [0, 0.05) is 0 Å². The maximum Gasteiger partial charge on any atom is 0.377 e. The van der Waals surface area contributed by atoms with Crippen molar-refractivity contribution < 1.29 is 9.45 Å². The van der Waals surface area contributed by atoms with Crippen LogP contribution in [0.5, 0.6) is 0 Å². The van der Waals surface area contributed by atoms with Crippen LogP contribution in [-0.2, 0) is 4.65 Å². The van der Waals surface area contributed by atoms with Crippen molar-refractivity contribution in [2.45, 2.75) is 0 Å². The molecule has 0 aromatic rings. The fourth-order valence-electron chi connectivity index (χ4n) is 0.0304. The molecule has 0 aliphatic rings. The van der Waals surface area contributed by atoms with Crippen LogP contribution in [0.15, 0.2) is 0 Å². The van der Waals surface area contributed by atoms with Crippen LogP contribution in [-0.4, -0.2) is 20.5 Å². The third kappa shape index (κ3) is 2.20. The molecule has 3 radical (unpaired) electrons. The average molecular weight is 98.7 g/mol. The first-order valence-electron chi connectivity index (χ1n) is 1.19. The van der Waals surface area contributed by atoms with Crippen molar-refractivity contribution >= 4 is 33.0 Å². The first-order chi connectivity index (χ1) is 2.81. The Bertz CT molecular complexity index is 49.5. The van der Waals surface area contributed by atoms with Crippen LogP contribution in [0.4, 0.5) is 4.79 Å². The summed E-state index contributed by atoms with van der Waals surface area (Å²) in [6.07, 6.45) is 0. The molecule has 0 N–H and O–H groups in total. The molecule has 0 spiro atoms. The van der Waals surface area contributed by atoms with Gasteiger partial charge in [-0.3, -0.25) is 4.79 Å². The number of thiol groups is 1. The van der Waals surface area contributed by atoms with Gasteiger partial charge in [-0.1, -0.05) is 0 Å². The molecule has 0 aromatic heterocycles. The number of carbonyl (C=O) groups is 1. The Balaban J connectivity index is 2.99. The second-order valence-electron chi connectivity index (χ2n) is 0.566. The minimum atomic E-state index is -0.640. The standard InChI is InChI=1S/CHB2O2S/c2-5-1(4)3-6/h6H. The molecular weight excluding hydrogens is 97.7 g/mol. The number of hydrogen-bond donors (Lipinski definition) is 1. The minimum Gasteiger partial charge on any atom is -0.551 e. The zero-order chi connectivity index (χ0) is 4.99. The van der Waals surface area contributed by atoms with Crippen LogP contribution in [0, 0.1) is 0 Å². The van der Waals surface area contributed by atoms with Gasteiger partial charge in [-0.25, -0.2) is 12.5 Å². The summed E-state index contributed by atoms with van der Waals surface area (Å²) < 4.78 is 3.63. The van der Waals surface area contributed by atoms with Crippen molar-refractivity contribution in [1.82, 2.24) is 0 Å². The van der Waals surface area contributed by atoms with Crippen molar-refractivity contribution in [3.8, 4) is 0 Å². The van der Waals surface area contributed by atoms with Crippen LogP contribution in [0.1, 0.15) is 0 Å². The molecule has 0 aliphatic carbocycles. The molecule has 0 saturated carbocycles. The van der Waals surface area contributed by atoms with Gasteiger partial charge in [0.2, 0.25) is 5.87 Å². The monoisotopic (exact) mass is 99.0 g/mol. The summed E-state index contributed by atoms with van der Waals surface area (Å²) in [7, 11) is 4.35. The predicted molar refractivity (Wildman–Crippen MR) is 27.0 cm³/mol. The lowest BCUT2D eigenvalue weighted by atomic mass is 10.1. The van der Waals surface area contributed by atoms with E-state index < -0.39 is 5.87 Å². The van der Waals surface area contributed by atoms with E-state index in [2.05, 4.69) is 25.2 Å². The second kappa shape index (κ2) is 3.15. The molecule has 0 amide bonds. The van der Waals surface area contributed by atoms with Gasteiger partial charge in [0.15, 0.2) is 0 Å². The Labute approximate surface area is 43.2 Å². The maximum atomic E-state index is 9.70. The van der Waals surface area contributed by atoms with Crippen LogP contribution >= 0.6 is 12.5 Å². The molecule has 29 valence electrons. The zero-order valence-electron chi connectivity index (χ0n) is 2.92. The lowest BCUT2D eigenvalue weighted by Crippen LogP contribution is -2.02. The number of carbonyl (C=O) groups excluding carboxylic acids is 1. The van der Waals surface area contributed by atoms with E-state index in [4.69, 9.17) is 0 Å². The summed E-state index contributed by atoms with van der Waals surface area (Å²) in [5.41, 5.74) is 0. The largest absolute Gasteiger partial charge is 0.551 e. The molecule has 0 aliphatic heterocycles. The molecule has 6 heavy (non-hydrogen) atoms. The van der Waals surface area contributed by atoms with Crippen molar-refractivity contribution in [1.29, 1.82) is 0 Å². The Kier molecular flexibility index (Phi) is 3.13. The Morgan fingerprint density at radius 2 is 2.50 bits per heavy atom. The molecular formula is CHB2O2S. The average Bonchev–Trinajstić information content (AvgIpc) is 1.65. The van der Waals surface area contributed by atoms with Gasteiger partial charge in [0.1, 0.15) is 0 Å². The topological polar surface area (TPSA) is 26.3 Å². The summed E-state index contributed by atoms with van der Waals surface area (Å²) in [6.45, 7) is 0.931. The summed E-state index contributed by atoms with van der Waals surface area (Å²) in [5.74, 6) is -0.640. The van der Waals surface area contributed by atoms with E-state index in [1.165, 1.54) is 0 Å². The summed E-state index contributed by atoms with van der Waals surface area (Å²) in [6, 6.07) is 0. The molecule has 5 heteroatoms. The van der Waals surface area contributed by atoms with E-state index in [0.717, 1.165) is 6.56 Å². The van der Waals surface area contributed by atoms with Crippen LogP contribution < -0.4 is 0 Å². The van der Waals surface area contributed by atoms with Crippen LogP contribution in [0.2, 0.25) is 0 Å². The summed E-state index contributed by atoms with van der Waals surface area (Å²) >= 11 is 3.42. The van der Waals surface area contributed by atoms with Crippen molar-refractivity contribution in [3.05, 3.63) is 0 Å². The lowest BCUT2D eigenvalue weighted by Gasteiger charge is -1.86. The Hall–Kier alpha value is -0.0501. The maximum absolute atomic E-state index is 9.70. The normalized spacial score (nSPS) is 6.83. The van der Waals surface area contributed by atoms with Crippen molar-refractivity contribution in [2.24, 2.45) is 0 Å². The van der Waals surface area contributed by atoms with E-state index in [1.54, 1.807) is 0 Å². The third-order valence-electron chi connectivity index (χ3n) is 0.222. The molecule has 0 bridgehead atoms. The lowest BCUT2D eigenvalue weighted by molar-refractivity contribution is 0.229. The van der Waals surface area contributed by atoms with Crippen molar-refractivity contribution in [3.63, 3.8) is 0 Å². The van der Waals surface area contributed by atoms with E-state index in [1.807, 2.05) is 0 Å². The first-order valence-corrected chi connectivity index (χ1v) is 1.71. The number of rotatable bonds is 1.